The number of ketones is 2. The van der Waals surface area contributed by atoms with Gasteiger partial charge in [0.05, 0.1) is 19.1 Å². The lowest BCUT2D eigenvalue weighted by atomic mass is 9.73. The summed E-state index contributed by atoms with van der Waals surface area (Å²) in [5, 5.41) is 2.50. The van der Waals surface area contributed by atoms with Crippen molar-refractivity contribution >= 4 is 11.6 Å². The lowest BCUT2D eigenvalue weighted by Gasteiger charge is -2.38. The number of nitrogens with two attached hydrogens (primary N) is 1. The van der Waals surface area contributed by atoms with Gasteiger partial charge in [-0.25, -0.2) is 0 Å². The zero-order valence-electron chi connectivity index (χ0n) is 14.0. The molecule has 0 saturated carbocycles. The van der Waals surface area contributed by atoms with Crippen LogP contribution in [0.25, 0.3) is 0 Å². The van der Waals surface area contributed by atoms with E-state index in [1.165, 1.54) is 11.1 Å². The summed E-state index contributed by atoms with van der Waals surface area (Å²) in [4.78, 5) is 27.4. The van der Waals surface area contributed by atoms with Crippen molar-refractivity contribution in [1.82, 2.24) is 4.90 Å². The largest absolute Gasteiger partial charge is 0.341 e. The van der Waals surface area contributed by atoms with Crippen LogP contribution >= 0.6 is 0 Å². The molecule has 4 nitrogen and oxygen atoms in total. The van der Waals surface area contributed by atoms with Gasteiger partial charge in [0.2, 0.25) is 0 Å². The predicted molar refractivity (Wildman–Crippen MR) is 87.9 cm³/mol. The molecule has 2 N–H and O–H groups in total. The molecule has 23 heavy (non-hydrogen) atoms. The van der Waals surface area contributed by atoms with Gasteiger partial charge in [-0.3, -0.25) is 14.5 Å². The first-order valence-corrected chi connectivity index (χ1v) is 9.08. The molecule has 0 aromatic heterocycles. The molecule has 5 rings (SSSR count). The van der Waals surface area contributed by atoms with E-state index in [9.17, 15) is 9.59 Å². The molecule has 0 aromatic carbocycles. The van der Waals surface area contributed by atoms with Gasteiger partial charge in [-0.2, -0.15) is 0 Å². The second kappa shape index (κ2) is 5.99. The molecule has 4 atom stereocenters. The fraction of sp³-hybridized carbons (Fsp3) is 0.684. The van der Waals surface area contributed by atoms with E-state index in [1.807, 2.05) is 0 Å². The molecule has 0 amide bonds. The zero-order valence-corrected chi connectivity index (χ0v) is 14.0. The fourth-order valence-electron chi connectivity index (χ4n) is 4.86. The number of hydrogen-bond acceptors (Lipinski definition) is 3. The van der Waals surface area contributed by atoms with Crippen LogP contribution in [0.5, 0.6) is 0 Å². The number of Topliss-reactive ketones (excluding diaryl/α,β-unsaturated/α-hetero) is 2. The van der Waals surface area contributed by atoms with Crippen LogP contribution in [0.2, 0.25) is 0 Å². The second-order valence-corrected chi connectivity index (χ2v) is 7.87. The van der Waals surface area contributed by atoms with Crippen LogP contribution < -0.4 is 5.32 Å². The number of piperazine rings is 1. The minimum atomic E-state index is -0.186. The van der Waals surface area contributed by atoms with Crippen molar-refractivity contribution in [1.29, 1.82) is 0 Å². The Morgan fingerprint density at radius 1 is 0.957 bits per heavy atom. The lowest BCUT2D eigenvalue weighted by Crippen LogP contribution is -2.96. The van der Waals surface area contributed by atoms with Gasteiger partial charge < -0.3 is 5.32 Å². The van der Waals surface area contributed by atoms with Crippen molar-refractivity contribution in [2.45, 2.75) is 50.6 Å². The molecule has 1 fully saturated rings. The molecule has 0 spiro atoms. The highest BCUT2D eigenvalue weighted by Crippen LogP contribution is 2.35. The van der Waals surface area contributed by atoms with E-state index in [-0.39, 0.29) is 23.4 Å². The topological polar surface area (TPSA) is 54.0 Å². The van der Waals surface area contributed by atoms with E-state index in [1.54, 1.807) is 0 Å². The maximum absolute atomic E-state index is 12.4. The van der Waals surface area contributed by atoms with Gasteiger partial charge in [0.25, 0.3) is 0 Å². The third-order valence-electron chi connectivity index (χ3n) is 6.26. The fourth-order valence-corrected chi connectivity index (χ4v) is 4.86. The molecular weight excluding hydrogens is 288 g/mol. The number of allylic oxidation sites excluding steroid dienone is 2. The van der Waals surface area contributed by atoms with E-state index in [0.717, 1.165) is 38.8 Å². The average molecular weight is 315 g/mol. The predicted octanol–water partition coefficient (Wildman–Crippen LogP) is 0.837. The molecule has 0 unspecified atom stereocenters. The zero-order chi connectivity index (χ0) is 16.0. The second-order valence-electron chi connectivity index (χ2n) is 7.87. The lowest BCUT2D eigenvalue weighted by molar-refractivity contribution is -0.702. The highest BCUT2D eigenvalue weighted by molar-refractivity contribution is 5.93. The minimum absolute atomic E-state index is 0.183. The molecule has 1 saturated heterocycles. The first kappa shape index (κ1) is 15.3. The van der Waals surface area contributed by atoms with Crippen LogP contribution in [-0.4, -0.2) is 48.7 Å². The van der Waals surface area contributed by atoms with Crippen LogP contribution in [0, 0.1) is 11.8 Å². The van der Waals surface area contributed by atoms with Gasteiger partial charge in [-0.1, -0.05) is 23.3 Å². The summed E-state index contributed by atoms with van der Waals surface area (Å²) in [5.41, 5.74) is 2.80. The monoisotopic (exact) mass is 315 g/mol. The first-order valence-electron chi connectivity index (χ1n) is 9.08. The normalized spacial score (nSPS) is 38.5. The number of likely N-dealkylation sites (N-methyl/N-ethyl adjacent to an activating group) is 1. The smallest absolute Gasteiger partial charge is 0.141 e. The Hall–Kier alpha value is -1.26. The van der Waals surface area contributed by atoms with E-state index in [2.05, 4.69) is 29.4 Å². The Labute approximate surface area is 138 Å². The van der Waals surface area contributed by atoms with Gasteiger partial charge in [0.1, 0.15) is 17.6 Å². The van der Waals surface area contributed by atoms with Crippen LogP contribution in [0.3, 0.4) is 0 Å². The molecule has 0 radical (unpaired) electrons. The molecule has 0 aromatic rings. The molecule has 3 aliphatic heterocycles. The van der Waals surface area contributed by atoms with Crippen molar-refractivity contribution in [3.8, 4) is 0 Å². The Kier molecular flexibility index (Phi) is 3.98. The average Bonchev–Trinajstić information content (AvgIpc) is 2.53. The molecule has 2 aliphatic carbocycles. The molecule has 4 heteroatoms. The third kappa shape index (κ3) is 2.94. The standard InChI is InChI=1S/C19H26N2O2/c1-21-11-14-6-12-2-4-18(22)16(8-12)17-9-13(3-5-19(17)23)7-15(21)10-20-14/h8-9,14-17,20H,2-7,10-11H2,1H3/p+1/t14-,15-,16+,17+/m0/s1. The number of rotatable bonds is 0. The van der Waals surface area contributed by atoms with Crippen LogP contribution in [0.4, 0.5) is 0 Å². The molecule has 5 aliphatic rings. The maximum Gasteiger partial charge on any atom is 0.141 e. The van der Waals surface area contributed by atoms with Crippen LogP contribution in [0.15, 0.2) is 23.3 Å². The summed E-state index contributed by atoms with van der Waals surface area (Å²) in [7, 11) is 2.24. The molecule has 3 heterocycles. The van der Waals surface area contributed by atoms with E-state index < -0.39 is 0 Å². The summed E-state index contributed by atoms with van der Waals surface area (Å²) < 4.78 is 0. The van der Waals surface area contributed by atoms with Crippen molar-refractivity contribution in [2.24, 2.45) is 11.8 Å². The van der Waals surface area contributed by atoms with E-state index >= 15 is 0 Å². The number of fused-ring (bicyclic) bond motifs is 2. The summed E-state index contributed by atoms with van der Waals surface area (Å²) in [6, 6.07) is 1.16. The van der Waals surface area contributed by atoms with Gasteiger partial charge in [-0.15, -0.1) is 0 Å². The highest BCUT2D eigenvalue weighted by Gasteiger charge is 2.38. The first-order chi connectivity index (χ1) is 11.1. The Balaban J connectivity index is 1.73. The van der Waals surface area contributed by atoms with Crippen molar-refractivity contribution in [3.05, 3.63) is 23.3 Å². The van der Waals surface area contributed by atoms with E-state index in [0.29, 0.717) is 24.9 Å². The third-order valence-corrected chi connectivity index (χ3v) is 6.26. The number of nitrogens with zero attached hydrogens (tertiary/aromatic N) is 1. The Bertz CT molecular complexity index is 592. The summed E-state index contributed by atoms with van der Waals surface area (Å²) >= 11 is 0. The molecular formula is C19H27N2O2+. The van der Waals surface area contributed by atoms with Gasteiger partial charge in [0, 0.05) is 31.1 Å². The number of hydrogen-bond donors (Lipinski definition) is 1. The Morgan fingerprint density at radius 3 is 2.17 bits per heavy atom. The summed E-state index contributed by atoms with van der Waals surface area (Å²) in [6.45, 7) is 2.27. The number of carbonyl (C=O) groups excluding carboxylic acids is 2. The quantitative estimate of drug-likeness (QED) is 0.674. The minimum Gasteiger partial charge on any atom is -0.341 e. The summed E-state index contributed by atoms with van der Waals surface area (Å²) in [5.74, 6) is 0.172. The van der Waals surface area contributed by atoms with Crippen molar-refractivity contribution in [2.75, 3.05) is 20.1 Å². The van der Waals surface area contributed by atoms with E-state index in [4.69, 9.17) is 0 Å². The van der Waals surface area contributed by atoms with Gasteiger partial charge in [-0.05, 0) is 26.3 Å². The van der Waals surface area contributed by atoms with Gasteiger partial charge >= 0.3 is 0 Å². The van der Waals surface area contributed by atoms with Gasteiger partial charge in [0.15, 0.2) is 0 Å². The highest BCUT2D eigenvalue weighted by atomic mass is 16.1. The molecule has 6 bridgehead atoms. The maximum atomic E-state index is 12.4. The van der Waals surface area contributed by atoms with Crippen molar-refractivity contribution < 1.29 is 14.9 Å². The SMILES string of the molecule is CN1C[C@@H]2CC3=C[C@@H](C(=O)CC3)[C@H]3C=C(CCC3=O)C[C@H]1C[NH2+]2. The summed E-state index contributed by atoms with van der Waals surface area (Å²) in [6.07, 6.45) is 9.47. The Morgan fingerprint density at radius 2 is 1.57 bits per heavy atom. The van der Waals surface area contributed by atoms with Crippen LogP contribution in [0.1, 0.15) is 38.5 Å². The number of quaternary nitrogens is 1. The molecule has 124 valence electrons. The van der Waals surface area contributed by atoms with Crippen LogP contribution in [-0.2, 0) is 9.59 Å². The van der Waals surface area contributed by atoms with Crippen molar-refractivity contribution in [3.63, 3.8) is 0 Å². The number of carbonyl (C=O) groups is 2.